The van der Waals surface area contributed by atoms with Crippen molar-refractivity contribution >= 4 is 5.78 Å². The zero-order valence-corrected chi connectivity index (χ0v) is 6.42. The fraction of sp³-hybridized carbons (Fsp3) is 0.833. The molecule has 4 nitrogen and oxygen atoms in total. The molecule has 0 aliphatic heterocycles. The van der Waals surface area contributed by atoms with Gasteiger partial charge in [-0.25, -0.2) is 0 Å². The molecule has 0 aliphatic rings. The van der Waals surface area contributed by atoms with Gasteiger partial charge in [-0.3, -0.25) is 4.79 Å². The van der Waals surface area contributed by atoms with E-state index in [1.165, 1.54) is 21.3 Å². The third kappa shape index (κ3) is 2.91. The minimum Gasteiger partial charge on any atom is -0.377 e. The predicted molar refractivity (Wildman–Crippen MR) is 34.7 cm³/mol. The first kappa shape index (κ1) is 9.55. The molecular formula is C6H12O4. The molecule has 60 valence electrons. The average Bonchev–Trinajstić information content (AvgIpc) is 1.91. The Morgan fingerprint density at radius 2 is 1.80 bits per heavy atom. The highest BCUT2D eigenvalue weighted by molar-refractivity contribution is 5.82. The Morgan fingerprint density at radius 3 is 2.10 bits per heavy atom. The van der Waals surface area contributed by atoms with Crippen LogP contribution in [0.2, 0.25) is 0 Å². The van der Waals surface area contributed by atoms with E-state index >= 15 is 0 Å². The summed E-state index contributed by atoms with van der Waals surface area (Å²) in [5, 5.41) is 0. The van der Waals surface area contributed by atoms with Crippen LogP contribution < -0.4 is 0 Å². The highest BCUT2D eigenvalue weighted by Crippen LogP contribution is 1.92. The van der Waals surface area contributed by atoms with Crippen LogP contribution in [0.4, 0.5) is 0 Å². The molecule has 0 N–H and O–H groups in total. The lowest BCUT2D eigenvalue weighted by molar-refractivity contribution is -0.160. The molecule has 0 saturated heterocycles. The Hall–Kier alpha value is -0.450. The van der Waals surface area contributed by atoms with E-state index in [2.05, 4.69) is 14.2 Å². The maximum absolute atomic E-state index is 10.8. The van der Waals surface area contributed by atoms with Gasteiger partial charge in [0.1, 0.15) is 6.61 Å². The molecule has 0 fully saturated rings. The summed E-state index contributed by atoms with van der Waals surface area (Å²) in [6.45, 7) is 0.0202. The van der Waals surface area contributed by atoms with E-state index in [4.69, 9.17) is 0 Å². The number of rotatable bonds is 5. The quantitative estimate of drug-likeness (QED) is 0.507. The first-order valence-electron chi connectivity index (χ1n) is 2.83. The summed E-state index contributed by atoms with van der Waals surface area (Å²) in [6, 6.07) is 0. The highest BCUT2D eigenvalue weighted by atomic mass is 16.7. The number of carbonyl (C=O) groups excluding carboxylic acids is 1. The second-order valence-electron chi connectivity index (χ2n) is 1.70. The standard InChI is InChI=1S/C6H12O4/c1-8-4-5(7)6(9-2)10-3/h6H,4H2,1-3H3. The molecule has 0 bridgehead atoms. The van der Waals surface area contributed by atoms with Crippen molar-refractivity contribution in [2.24, 2.45) is 0 Å². The van der Waals surface area contributed by atoms with Crippen LogP contribution in [0.1, 0.15) is 0 Å². The molecule has 10 heavy (non-hydrogen) atoms. The molecule has 0 spiro atoms. The van der Waals surface area contributed by atoms with Gasteiger partial charge < -0.3 is 14.2 Å². The van der Waals surface area contributed by atoms with Gasteiger partial charge in [-0.15, -0.1) is 0 Å². The third-order valence-electron chi connectivity index (χ3n) is 0.978. The number of methoxy groups -OCH3 is 3. The smallest absolute Gasteiger partial charge is 0.219 e. The molecule has 0 aromatic carbocycles. The summed E-state index contributed by atoms with van der Waals surface area (Å²) < 4.78 is 13.9. The van der Waals surface area contributed by atoms with Crippen molar-refractivity contribution < 1.29 is 19.0 Å². The predicted octanol–water partition coefficient (Wildman–Crippen LogP) is -0.179. The zero-order valence-electron chi connectivity index (χ0n) is 6.42. The largest absolute Gasteiger partial charge is 0.377 e. The van der Waals surface area contributed by atoms with Gasteiger partial charge in [-0.2, -0.15) is 0 Å². The summed E-state index contributed by atoms with van der Waals surface area (Å²) in [7, 11) is 4.25. The molecule has 0 aromatic heterocycles. The number of ether oxygens (including phenoxy) is 3. The van der Waals surface area contributed by atoms with Crippen LogP contribution in [-0.4, -0.2) is 40.0 Å². The van der Waals surface area contributed by atoms with Gasteiger partial charge >= 0.3 is 0 Å². The van der Waals surface area contributed by atoms with Crippen molar-refractivity contribution in [2.75, 3.05) is 27.9 Å². The minimum absolute atomic E-state index is 0.0202. The number of hydrogen-bond donors (Lipinski definition) is 0. The van der Waals surface area contributed by atoms with Gasteiger partial charge in [-0.1, -0.05) is 0 Å². The second kappa shape index (κ2) is 5.34. The van der Waals surface area contributed by atoms with Gasteiger partial charge in [0.05, 0.1) is 0 Å². The van der Waals surface area contributed by atoms with E-state index in [-0.39, 0.29) is 12.4 Å². The van der Waals surface area contributed by atoms with E-state index in [0.29, 0.717) is 0 Å². The molecule has 0 amide bonds. The normalized spacial score (nSPS) is 10.4. The molecular weight excluding hydrogens is 136 g/mol. The van der Waals surface area contributed by atoms with Crippen LogP contribution in [0.3, 0.4) is 0 Å². The topological polar surface area (TPSA) is 44.8 Å². The highest BCUT2D eigenvalue weighted by Gasteiger charge is 2.15. The van der Waals surface area contributed by atoms with Gasteiger partial charge in [0, 0.05) is 21.3 Å². The van der Waals surface area contributed by atoms with Gasteiger partial charge in [0.2, 0.25) is 12.1 Å². The van der Waals surface area contributed by atoms with Crippen LogP contribution in [0, 0.1) is 0 Å². The molecule has 4 heteroatoms. The number of ketones is 1. The lowest BCUT2D eigenvalue weighted by atomic mass is 10.4. The van der Waals surface area contributed by atoms with Crippen molar-refractivity contribution in [1.82, 2.24) is 0 Å². The fourth-order valence-electron chi connectivity index (χ4n) is 0.569. The summed E-state index contributed by atoms with van der Waals surface area (Å²) in [6.07, 6.45) is -0.792. The first-order chi connectivity index (χ1) is 4.76. The molecule has 0 saturated carbocycles. The van der Waals surface area contributed by atoms with Gasteiger partial charge in [0.15, 0.2) is 0 Å². The average molecular weight is 148 g/mol. The summed E-state index contributed by atoms with van der Waals surface area (Å²) in [5.41, 5.74) is 0. The van der Waals surface area contributed by atoms with Crippen molar-refractivity contribution in [2.45, 2.75) is 6.29 Å². The Labute approximate surface area is 60.1 Å². The fourth-order valence-corrected chi connectivity index (χ4v) is 0.569. The SMILES string of the molecule is COCC(=O)C(OC)OC. The van der Waals surface area contributed by atoms with Crippen LogP contribution in [0.25, 0.3) is 0 Å². The van der Waals surface area contributed by atoms with Crippen LogP contribution in [0.5, 0.6) is 0 Å². The molecule has 0 rings (SSSR count). The Bertz CT molecular complexity index is 97.9. The Balaban J connectivity index is 3.65. The third-order valence-corrected chi connectivity index (χ3v) is 0.978. The van der Waals surface area contributed by atoms with Gasteiger partial charge in [0.25, 0.3) is 0 Å². The maximum Gasteiger partial charge on any atom is 0.219 e. The molecule has 0 radical (unpaired) electrons. The van der Waals surface area contributed by atoms with E-state index in [1.807, 2.05) is 0 Å². The van der Waals surface area contributed by atoms with Crippen molar-refractivity contribution in [1.29, 1.82) is 0 Å². The van der Waals surface area contributed by atoms with E-state index in [9.17, 15) is 4.79 Å². The second-order valence-corrected chi connectivity index (χ2v) is 1.70. The van der Waals surface area contributed by atoms with Gasteiger partial charge in [-0.05, 0) is 0 Å². The van der Waals surface area contributed by atoms with E-state index in [0.717, 1.165) is 0 Å². The zero-order chi connectivity index (χ0) is 7.98. The molecule has 0 atom stereocenters. The lowest BCUT2D eigenvalue weighted by Crippen LogP contribution is -2.28. The minimum atomic E-state index is -0.792. The molecule has 0 heterocycles. The first-order valence-corrected chi connectivity index (χ1v) is 2.83. The summed E-state index contributed by atoms with van der Waals surface area (Å²) in [4.78, 5) is 10.8. The lowest BCUT2D eigenvalue weighted by Gasteiger charge is -2.10. The number of Topliss-reactive ketones (excluding diaryl/α,β-unsaturated/α-hetero) is 1. The van der Waals surface area contributed by atoms with Crippen LogP contribution in [-0.2, 0) is 19.0 Å². The Kier molecular flexibility index (Phi) is 5.10. The maximum atomic E-state index is 10.8. The monoisotopic (exact) mass is 148 g/mol. The summed E-state index contributed by atoms with van der Waals surface area (Å²) >= 11 is 0. The van der Waals surface area contributed by atoms with E-state index in [1.54, 1.807) is 0 Å². The van der Waals surface area contributed by atoms with Crippen LogP contribution >= 0.6 is 0 Å². The summed E-state index contributed by atoms with van der Waals surface area (Å²) in [5.74, 6) is -0.215. The van der Waals surface area contributed by atoms with E-state index < -0.39 is 6.29 Å². The Morgan fingerprint density at radius 1 is 1.30 bits per heavy atom. The molecule has 0 aromatic rings. The molecule has 0 unspecified atom stereocenters. The van der Waals surface area contributed by atoms with Crippen LogP contribution in [0.15, 0.2) is 0 Å². The van der Waals surface area contributed by atoms with Crippen molar-refractivity contribution in [3.05, 3.63) is 0 Å². The van der Waals surface area contributed by atoms with Crippen molar-refractivity contribution in [3.63, 3.8) is 0 Å². The van der Waals surface area contributed by atoms with Crippen molar-refractivity contribution in [3.8, 4) is 0 Å². The molecule has 0 aliphatic carbocycles. The number of hydrogen-bond acceptors (Lipinski definition) is 4. The number of carbonyl (C=O) groups is 1.